The van der Waals surface area contributed by atoms with Gasteiger partial charge in [-0.2, -0.15) is 0 Å². The molecule has 4 heteroatoms. The van der Waals surface area contributed by atoms with Crippen molar-refractivity contribution in [2.24, 2.45) is 0 Å². The number of hydrogen-bond donors (Lipinski definition) is 1. The van der Waals surface area contributed by atoms with Crippen LogP contribution < -0.4 is 14.8 Å². The molecule has 112 valence electrons. The van der Waals surface area contributed by atoms with Crippen molar-refractivity contribution < 1.29 is 14.2 Å². The summed E-state index contributed by atoms with van der Waals surface area (Å²) in [5, 5.41) is 3.46. The number of benzene rings is 2. The zero-order valence-electron chi connectivity index (χ0n) is 12.6. The van der Waals surface area contributed by atoms with Crippen LogP contribution in [0.15, 0.2) is 48.5 Å². The summed E-state index contributed by atoms with van der Waals surface area (Å²) >= 11 is 0. The maximum absolute atomic E-state index is 5.32. The second kappa shape index (κ2) is 7.55. The van der Waals surface area contributed by atoms with Gasteiger partial charge < -0.3 is 19.5 Å². The summed E-state index contributed by atoms with van der Waals surface area (Å²) in [7, 11) is 4.98. The van der Waals surface area contributed by atoms with Gasteiger partial charge in [-0.3, -0.25) is 0 Å². The lowest BCUT2D eigenvalue weighted by Crippen LogP contribution is -2.16. The molecule has 0 bridgehead atoms. The van der Waals surface area contributed by atoms with Gasteiger partial charge in [0, 0.05) is 31.0 Å². The first-order valence-corrected chi connectivity index (χ1v) is 6.80. The van der Waals surface area contributed by atoms with Gasteiger partial charge in [-0.15, -0.1) is 0 Å². The summed E-state index contributed by atoms with van der Waals surface area (Å²) in [6, 6.07) is 16.0. The van der Waals surface area contributed by atoms with Crippen molar-refractivity contribution in [1.82, 2.24) is 0 Å². The van der Waals surface area contributed by atoms with Gasteiger partial charge in [-0.1, -0.05) is 30.3 Å². The smallest absolute Gasteiger partial charge is 0.124 e. The first-order valence-electron chi connectivity index (χ1n) is 6.80. The van der Waals surface area contributed by atoms with E-state index >= 15 is 0 Å². The Hall–Kier alpha value is -2.20. The zero-order chi connectivity index (χ0) is 15.1. The standard InChI is InChI=1S/C17H21NO3/c1-19-12-17(13-7-5-4-6-8-13)18-14-9-15(20-2)11-16(10-14)21-3/h4-11,17-18H,12H2,1-3H3. The second-order valence-corrected chi connectivity index (χ2v) is 4.66. The molecule has 0 saturated heterocycles. The highest BCUT2D eigenvalue weighted by Crippen LogP contribution is 2.28. The highest BCUT2D eigenvalue weighted by Gasteiger charge is 2.12. The van der Waals surface area contributed by atoms with E-state index in [4.69, 9.17) is 14.2 Å². The van der Waals surface area contributed by atoms with Crippen molar-refractivity contribution in [3.05, 3.63) is 54.1 Å². The Balaban J connectivity index is 2.24. The van der Waals surface area contributed by atoms with Gasteiger partial charge in [-0.25, -0.2) is 0 Å². The van der Waals surface area contributed by atoms with Gasteiger partial charge in [-0.05, 0) is 5.56 Å². The van der Waals surface area contributed by atoms with E-state index in [2.05, 4.69) is 17.4 Å². The van der Waals surface area contributed by atoms with E-state index in [0.29, 0.717) is 6.61 Å². The maximum Gasteiger partial charge on any atom is 0.124 e. The Labute approximate surface area is 125 Å². The molecule has 0 aromatic heterocycles. The Morgan fingerprint density at radius 1 is 0.905 bits per heavy atom. The molecule has 1 N–H and O–H groups in total. The lowest BCUT2D eigenvalue weighted by atomic mass is 10.1. The van der Waals surface area contributed by atoms with Crippen LogP contribution in [0.25, 0.3) is 0 Å². The molecule has 1 atom stereocenters. The third-order valence-electron chi connectivity index (χ3n) is 3.23. The Morgan fingerprint density at radius 2 is 1.52 bits per heavy atom. The van der Waals surface area contributed by atoms with Crippen molar-refractivity contribution >= 4 is 5.69 Å². The normalized spacial score (nSPS) is 11.8. The first kappa shape index (κ1) is 15.2. The minimum atomic E-state index is 0.0630. The van der Waals surface area contributed by atoms with Crippen molar-refractivity contribution in [2.45, 2.75) is 6.04 Å². The van der Waals surface area contributed by atoms with Gasteiger partial charge in [0.25, 0.3) is 0 Å². The molecule has 1 unspecified atom stereocenters. The van der Waals surface area contributed by atoms with E-state index in [9.17, 15) is 0 Å². The summed E-state index contributed by atoms with van der Waals surface area (Å²) in [6.07, 6.45) is 0. The van der Waals surface area contributed by atoms with Crippen LogP contribution in [0.5, 0.6) is 11.5 Å². The molecule has 21 heavy (non-hydrogen) atoms. The SMILES string of the molecule is COCC(Nc1cc(OC)cc(OC)c1)c1ccccc1. The van der Waals surface area contributed by atoms with Crippen LogP contribution in [0, 0.1) is 0 Å². The average Bonchev–Trinajstić information content (AvgIpc) is 2.55. The Bertz CT molecular complexity index is 535. The van der Waals surface area contributed by atoms with E-state index in [-0.39, 0.29) is 6.04 Å². The minimum absolute atomic E-state index is 0.0630. The predicted octanol–water partition coefficient (Wildman–Crippen LogP) is 3.50. The molecule has 4 nitrogen and oxygen atoms in total. The van der Waals surface area contributed by atoms with Crippen LogP contribution in [0.3, 0.4) is 0 Å². The summed E-state index contributed by atoms with van der Waals surface area (Å²) in [5.41, 5.74) is 2.10. The summed E-state index contributed by atoms with van der Waals surface area (Å²) in [5.74, 6) is 1.50. The Kier molecular flexibility index (Phi) is 5.46. The molecule has 0 aliphatic carbocycles. The summed E-state index contributed by atoms with van der Waals surface area (Å²) < 4.78 is 15.9. The predicted molar refractivity (Wildman–Crippen MR) is 84.2 cm³/mol. The van der Waals surface area contributed by atoms with Crippen LogP contribution in [-0.4, -0.2) is 27.9 Å². The second-order valence-electron chi connectivity index (χ2n) is 4.66. The summed E-state index contributed by atoms with van der Waals surface area (Å²) in [6.45, 7) is 0.573. The number of ether oxygens (including phenoxy) is 3. The zero-order valence-corrected chi connectivity index (χ0v) is 12.6. The molecular formula is C17H21NO3. The van der Waals surface area contributed by atoms with Gasteiger partial charge in [0.1, 0.15) is 11.5 Å². The van der Waals surface area contributed by atoms with Gasteiger partial charge in [0.2, 0.25) is 0 Å². The van der Waals surface area contributed by atoms with E-state index in [1.165, 1.54) is 5.56 Å². The third kappa shape index (κ3) is 4.13. The summed E-state index contributed by atoms with van der Waals surface area (Å²) in [4.78, 5) is 0. The van der Waals surface area contributed by atoms with E-state index < -0.39 is 0 Å². The Morgan fingerprint density at radius 3 is 2.05 bits per heavy atom. The molecule has 0 saturated carbocycles. The van der Waals surface area contributed by atoms with Crippen molar-refractivity contribution in [3.63, 3.8) is 0 Å². The fraction of sp³-hybridized carbons (Fsp3) is 0.294. The van der Waals surface area contributed by atoms with Crippen LogP contribution in [-0.2, 0) is 4.74 Å². The maximum atomic E-state index is 5.32. The van der Waals surface area contributed by atoms with Crippen molar-refractivity contribution in [3.8, 4) is 11.5 Å². The fourth-order valence-electron chi connectivity index (χ4n) is 2.17. The van der Waals surface area contributed by atoms with Crippen molar-refractivity contribution in [1.29, 1.82) is 0 Å². The first-order chi connectivity index (χ1) is 10.3. The molecule has 0 fully saturated rings. The van der Waals surface area contributed by atoms with Gasteiger partial charge in [0.15, 0.2) is 0 Å². The number of anilines is 1. The third-order valence-corrected chi connectivity index (χ3v) is 3.23. The largest absolute Gasteiger partial charge is 0.497 e. The molecule has 0 radical (unpaired) electrons. The quantitative estimate of drug-likeness (QED) is 0.846. The molecule has 2 aromatic carbocycles. The molecule has 0 aliphatic heterocycles. The molecule has 0 amide bonds. The van der Waals surface area contributed by atoms with E-state index in [1.807, 2.05) is 36.4 Å². The fourth-order valence-corrected chi connectivity index (χ4v) is 2.17. The van der Waals surface area contributed by atoms with Crippen LogP contribution in [0.1, 0.15) is 11.6 Å². The average molecular weight is 287 g/mol. The number of nitrogens with one attached hydrogen (secondary N) is 1. The number of hydrogen-bond acceptors (Lipinski definition) is 4. The van der Waals surface area contributed by atoms with Crippen LogP contribution in [0.4, 0.5) is 5.69 Å². The topological polar surface area (TPSA) is 39.7 Å². The highest BCUT2D eigenvalue weighted by atomic mass is 16.5. The van der Waals surface area contributed by atoms with E-state index in [0.717, 1.165) is 17.2 Å². The highest BCUT2D eigenvalue weighted by molar-refractivity contribution is 5.55. The van der Waals surface area contributed by atoms with E-state index in [1.54, 1.807) is 21.3 Å². The molecule has 2 aromatic rings. The molecule has 0 spiro atoms. The monoisotopic (exact) mass is 287 g/mol. The van der Waals surface area contributed by atoms with Crippen molar-refractivity contribution in [2.75, 3.05) is 33.3 Å². The molecule has 0 aliphatic rings. The molecule has 0 heterocycles. The van der Waals surface area contributed by atoms with Crippen LogP contribution in [0.2, 0.25) is 0 Å². The minimum Gasteiger partial charge on any atom is -0.497 e. The van der Waals surface area contributed by atoms with Gasteiger partial charge in [0.05, 0.1) is 26.9 Å². The van der Waals surface area contributed by atoms with Gasteiger partial charge >= 0.3 is 0 Å². The van der Waals surface area contributed by atoms with Crippen LogP contribution >= 0.6 is 0 Å². The number of rotatable bonds is 7. The lowest BCUT2D eigenvalue weighted by Gasteiger charge is -2.20. The lowest BCUT2D eigenvalue weighted by molar-refractivity contribution is 0.186. The number of methoxy groups -OCH3 is 3. The molecular weight excluding hydrogens is 266 g/mol. The molecule has 2 rings (SSSR count).